The minimum Gasteiger partial charge on any atom is -0.484 e. The summed E-state index contributed by atoms with van der Waals surface area (Å²) in [4.78, 5) is 25.4. The fourth-order valence-electron chi connectivity index (χ4n) is 3.99. The highest BCUT2D eigenvalue weighted by molar-refractivity contribution is 7.15. The quantitative estimate of drug-likeness (QED) is 0.254. The van der Waals surface area contributed by atoms with Gasteiger partial charge in [-0.15, -0.1) is 11.3 Å². The summed E-state index contributed by atoms with van der Waals surface area (Å²) in [6.07, 6.45) is 0. The topological polar surface area (TPSA) is 64.6 Å². The molecule has 0 fully saturated rings. The maximum Gasteiger partial charge on any atom is 0.341 e. The Morgan fingerprint density at radius 3 is 2.11 bits per heavy atom. The Morgan fingerprint density at radius 1 is 0.861 bits per heavy atom. The molecule has 0 saturated carbocycles. The average Bonchev–Trinajstić information content (AvgIpc) is 3.32. The van der Waals surface area contributed by atoms with Crippen molar-refractivity contribution in [2.45, 2.75) is 26.2 Å². The van der Waals surface area contributed by atoms with Gasteiger partial charge in [0.25, 0.3) is 5.91 Å². The molecule has 3 aromatic carbocycles. The maximum absolute atomic E-state index is 12.7. The van der Waals surface area contributed by atoms with Crippen LogP contribution in [0.1, 0.15) is 42.3 Å². The summed E-state index contributed by atoms with van der Waals surface area (Å²) in [5.41, 5.74) is 4.18. The third kappa shape index (κ3) is 5.66. The summed E-state index contributed by atoms with van der Waals surface area (Å²) >= 11 is 1.29. The number of ether oxygens (including phenoxy) is 2. The van der Waals surface area contributed by atoms with Crippen LogP contribution in [0.15, 0.2) is 90.3 Å². The fourth-order valence-corrected chi connectivity index (χ4v) is 4.96. The number of amides is 1. The van der Waals surface area contributed by atoms with Gasteiger partial charge in [0.15, 0.2) is 6.61 Å². The lowest BCUT2D eigenvalue weighted by atomic mass is 9.78. The van der Waals surface area contributed by atoms with E-state index in [1.807, 2.05) is 78.2 Å². The third-order valence-corrected chi connectivity index (χ3v) is 6.95. The molecule has 4 rings (SSSR count). The summed E-state index contributed by atoms with van der Waals surface area (Å²) in [5, 5.41) is 5.12. The first-order valence-corrected chi connectivity index (χ1v) is 12.7. The zero-order valence-corrected chi connectivity index (χ0v) is 21.4. The summed E-state index contributed by atoms with van der Waals surface area (Å²) in [6.45, 7) is 6.18. The van der Waals surface area contributed by atoms with Crippen molar-refractivity contribution < 1.29 is 19.1 Å². The van der Waals surface area contributed by atoms with E-state index in [-0.39, 0.29) is 24.5 Å². The van der Waals surface area contributed by atoms with E-state index in [2.05, 4.69) is 31.3 Å². The molecule has 5 nitrogen and oxygen atoms in total. The Bertz CT molecular complexity index is 1310. The molecule has 1 heterocycles. The van der Waals surface area contributed by atoms with Gasteiger partial charge in [-0.2, -0.15) is 0 Å². The molecule has 0 radical (unpaired) electrons. The van der Waals surface area contributed by atoms with Gasteiger partial charge in [-0.1, -0.05) is 86.6 Å². The number of thiophene rings is 1. The van der Waals surface area contributed by atoms with E-state index in [4.69, 9.17) is 9.47 Å². The number of anilines is 1. The van der Waals surface area contributed by atoms with Gasteiger partial charge >= 0.3 is 5.97 Å². The lowest BCUT2D eigenvalue weighted by Crippen LogP contribution is -2.21. The Balaban J connectivity index is 1.43. The number of hydrogen-bond acceptors (Lipinski definition) is 5. The van der Waals surface area contributed by atoms with Crippen LogP contribution < -0.4 is 10.1 Å². The van der Waals surface area contributed by atoms with Gasteiger partial charge in [0.05, 0.1) is 6.61 Å². The van der Waals surface area contributed by atoms with Crippen LogP contribution in [-0.4, -0.2) is 25.1 Å². The van der Waals surface area contributed by atoms with Crippen molar-refractivity contribution in [1.29, 1.82) is 0 Å². The van der Waals surface area contributed by atoms with Gasteiger partial charge in [-0.25, -0.2) is 4.79 Å². The van der Waals surface area contributed by atoms with Crippen LogP contribution >= 0.6 is 11.3 Å². The van der Waals surface area contributed by atoms with E-state index in [9.17, 15) is 9.59 Å². The second-order valence-electron chi connectivity index (χ2n) is 8.79. The van der Waals surface area contributed by atoms with Crippen LogP contribution in [0.3, 0.4) is 0 Å². The molecule has 1 amide bonds. The first kappa shape index (κ1) is 25.2. The first-order valence-electron chi connectivity index (χ1n) is 11.8. The van der Waals surface area contributed by atoms with E-state index in [0.717, 1.165) is 16.7 Å². The van der Waals surface area contributed by atoms with Gasteiger partial charge < -0.3 is 14.8 Å². The molecule has 0 aliphatic rings. The molecule has 6 heteroatoms. The second kappa shape index (κ2) is 11.2. The lowest BCUT2D eigenvalue weighted by molar-refractivity contribution is -0.118. The minimum atomic E-state index is -0.467. The summed E-state index contributed by atoms with van der Waals surface area (Å²) in [5.74, 6) is -0.222. The number of carbonyl (C=O) groups excluding carboxylic acids is 2. The molecule has 1 aromatic heterocycles. The van der Waals surface area contributed by atoms with Crippen LogP contribution in [0.4, 0.5) is 5.00 Å². The molecule has 4 aromatic rings. The molecule has 184 valence electrons. The van der Waals surface area contributed by atoms with Gasteiger partial charge in [0.2, 0.25) is 0 Å². The van der Waals surface area contributed by atoms with E-state index in [1.54, 1.807) is 6.92 Å². The van der Waals surface area contributed by atoms with E-state index >= 15 is 0 Å². The van der Waals surface area contributed by atoms with Gasteiger partial charge in [-0.05, 0) is 35.7 Å². The predicted octanol–water partition coefficient (Wildman–Crippen LogP) is 6.94. The Labute approximate surface area is 215 Å². The van der Waals surface area contributed by atoms with Gasteiger partial charge in [0.1, 0.15) is 16.3 Å². The number of nitrogens with one attached hydrogen (secondary N) is 1. The van der Waals surface area contributed by atoms with Crippen molar-refractivity contribution in [3.8, 4) is 16.9 Å². The number of benzene rings is 3. The summed E-state index contributed by atoms with van der Waals surface area (Å²) in [6, 6.07) is 27.7. The second-order valence-corrected chi connectivity index (χ2v) is 9.67. The number of rotatable bonds is 9. The summed E-state index contributed by atoms with van der Waals surface area (Å²) < 4.78 is 11.0. The molecule has 0 spiro atoms. The SMILES string of the molecule is CCOC(=O)c1c(-c2ccccc2)csc1NC(=O)COc1ccc(C(C)(C)c2ccccc2)cc1. The molecule has 36 heavy (non-hydrogen) atoms. The van der Waals surface area contributed by atoms with Crippen molar-refractivity contribution >= 4 is 28.2 Å². The molecule has 1 N–H and O–H groups in total. The largest absolute Gasteiger partial charge is 0.484 e. The van der Waals surface area contributed by atoms with Crippen LogP contribution in [-0.2, 0) is 14.9 Å². The van der Waals surface area contributed by atoms with Gasteiger partial charge in [-0.3, -0.25) is 4.79 Å². The van der Waals surface area contributed by atoms with Crippen molar-refractivity contribution in [1.82, 2.24) is 0 Å². The smallest absolute Gasteiger partial charge is 0.341 e. The molecular formula is C30H29NO4S. The third-order valence-electron chi connectivity index (χ3n) is 6.05. The molecule has 0 atom stereocenters. The molecule has 0 unspecified atom stereocenters. The highest BCUT2D eigenvalue weighted by atomic mass is 32.1. The fraction of sp³-hybridized carbons (Fsp3) is 0.200. The number of esters is 1. The highest BCUT2D eigenvalue weighted by Crippen LogP contribution is 2.36. The predicted molar refractivity (Wildman–Crippen MR) is 145 cm³/mol. The van der Waals surface area contributed by atoms with Crippen molar-refractivity contribution in [3.63, 3.8) is 0 Å². The number of hydrogen-bond donors (Lipinski definition) is 1. The molecule has 0 saturated heterocycles. The van der Waals surface area contributed by atoms with Crippen molar-refractivity contribution in [2.24, 2.45) is 0 Å². The Hall–Kier alpha value is -3.90. The average molecular weight is 500 g/mol. The van der Waals surface area contributed by atoms with Gasteiger partial charge in [0, 0.05) is 16.4 Å². The van der Waals surface area contributed by atoms with Crippen LogP contribution in [0.5, 0.6) is 5.75 Å². The van der Waals surface area contributed by atoms with E-state index < -0.39 is 5.97 Å². The van der Waals surface area contributed by atoms with Crippen LogP contribution in [0, 0.1) is 0 Å². The van der Waals surface area contributed by atoms with Crippen LogP contribution in [0.2, 0.25) is 0 Å². The molecular weight excluding hydrogens is 470 g/mol. The zero-order chi connectivity index (χ0) is 25.5. The highest BCUT2D eigenvalue weighted by Gasteiger charge is 2.24. The minimum absolute atomic E-state index is 0.156. The normalized spacial score (nSPS) is 11.1. The standard InChI is InChI=1S/C30H29NO4S/c1-4-34-29(33)27-25(21-11-7-5-8-12-21)20-36-28(27)31-26(32)19-35-24-17-15-23(16-18-24)30(2,3)22-13-9-6-10-14-22/h5-18,20H,4,19H2,1-3H3,(H,31,32). The Morgan fingerprint density at radius 2 is 1.47 bits per heavy atom. The zero-order valence-electron chi connectivity index (χ0n) is 20.6. The number of carbonyl (C=O) groups is 2. The Kier molecular flexibility index (Phi) is 7.86. The molecule has 0 bridgehead atoms. The maximum atomic E-state index is 12.7. The molecule has 0 aliphatic carbocycles. The molecule has 0 aliphatic heterocycles. The van der Waals surface area contributed by atoms with Crippen molar-refractivity contribution in [3.05, 3.63) is 107 Å². The van der Waals surface area contributed by atoms with Crippen LogP contribution in [0.25, 0.3) is 11.1 Å². The van der Waals surface area contributed by atoms with E-state index in [1.165, 1.54) is 16.9 Å². The monoisotopic (exact) mass is 499 g/mol. The first-order chi connectivity index (χ1) is 17.4. The van der Waals surface area contributed by atoms with E-state index in [0.29, 0.717) is 16.3 Å². The van der Waals surface area contributed by atoms with Crippen molar-refractivity contribution in [2.75, 3.05) is 18.5 Å². The lowest BCUT2D eigenvalue weighted by Gasteiger charge is -2.26. The summed E-state index contributed by atoms with van der Waals surface area (Å²) in [7, 11) is 0.